The second-order valence-corrected chi connectivity index (χ2v) is 20.4. The normalized spacial score (nSPS) is 12.8. The molecule has 0 saturated heterocycles. The van der Waals surface area contributed by atoms with E-state index in [1.807, 2.05) is 0 Å². The lowest BCUT2D eigenvalue weighted by Crippen LogP contribution is -2.12. The van der Waals surface area contributed by atoms with Gasteiger partial charge >= 0.3 is 0 Å². The lowest BCUT2D eigenvalue weighted by molar-refractivity contribution is 0.590. The molecule has 61 heavy (non-hydrogen) atoms. The summed E-state index contributed by atoms with van der Waals surface area (Å²) >= 11 is 0. The van der Waals surface area contributed by atoms with E-state index < -0.39 is 0 Å². The smallest absolute Gasteiger partial charge is 0.0541 e. The van der Waals surface area contributed by atoms with Gasteiger partial charge in [-0.05, 0) is 192 Å². The van der Waals surface area contributed by atoms with Crippen molar-refractivity contribution in [3.8, 4) is 27.9 Å². The van der Waals surface area contributed by atoms with Gasteiger partial charge in [0.1, 0.15) is 0 Å². The second-order valence-electron chi connectivity index (χ2n) is 20.4. The number of nitrogens with zero attached hydrogens (tertiary/aromatic N) is 2. The average molecular weight is 795 g/mol. The molecule has 0 radical (unpaired) electrons. The van der Waals surface area contributed by atoms with Crippen LogP contribution in [-0.4, -0.2) is 4.57 Å². The number of aromatic nitrogens is 1. The van der Waals surface area contributed by atoms with E-state index in [9.17, 15) is 0 Å². The number of fused-ring (bicyclic) bond motifs is 9. The summed E-state index contributed by atoms with van der Waals surface area (Å²) < 4.78 is 2.48. The summed E-state index contributed by atoms with van der Waals surface area (Å²) in [4.78, 5) is 2.47. The first-order chi connectivity index (χ1) is 29.0. The Balaban J connectivity index is 1.07. The first-order valence-corrected chi connectivity index (χ1v) is 22.3. The van der Waals surface area contributed by atoms with Gasteiger partial charge in [-0.1, -0.05) is 118 Å². The van der Waals surface area contributed by atoms with Crippen LogP contribution in [0.2, 0.25) is 0 Å². The van der Waals surface area contributed by atoms with Gasteiger partial charge in [-0.2, -0.15) is 0 Å². The van der Waals surface area contributed by atoms with Gasteiger partial charge < -0.3 is 9.47 Å². The van der Waals surface area contributed by atoms with Gasteiger partial charge in [0.15, 0.2) is 0 Å². The maximum atomic E-state index is 2.48. The highest BCUT2D eigenvalue weighted by atomic mass is 15.1. The van der Waals surface area contributed by atoms with Crippen LogP contribution in [0.1, 0.15) is 109 Å². The van der Waals surface area contributed by atoms with Crippen LogP contribution in [0, 0.1) is 6.92 Å². The zero-order valence-corrected chi connectivity index (χ0v) is 37.8. The Kier molecular flexibility index (Phi) is 8.94. The number of anilines is 3. The van der Waals surface area contributed by atoms with E-state index in [1.165, 1.54) is 116 Å². The van der Waals surface area contributed by atoms with Crippen LogP contribution in [0.5, 0.6) is 0 Å². The molecule has 0 saturated carbocycles. The van der Waals surface area contributed by atoms with E-state index in [-0.39, 0.29) is 10.8 Å². The van der Waals surface area contributed by atoms with Crippen molar-refractivity contribution in [3.05, 3.63) is 167 Å². The minimum atomic E-state index is 0.0677. The Morgan fingerprint density at radius 2 is 0.951 bits per heavy atom. The maximum Gasteiger partial charge on any atom is 0.0541 e. The molecule has 1 heterocycles. The summed E-state index contributed by atoms with van der Waals surface area (Å²) in [7, 11) is 0. The fourth-order valence-corrected chi connectivity index (χ4v) is 9.59. The molecular formula is C59H58N2. The third-order valence-corrected chi connectivity index (χ3v) is 13.5. The lowest BCUT2D eigenvalue weighted by atomic mass is 9.78. The molecule has 2 nitrogen and oxygen atoms in total. The predicted molar refractivity (Wildman–Crippen MR) is 265 cm³/mol. The molecule has 0 bridgehead atoms. The molecule has 9 aromatic rings. The van der Waals surface area contributed by atoms with Gasteiger partial charge in [0.2, 0.25) is 0 Å². The molecule has 1 aliphatic carbocycles. The van der Waals surface area contributed by atoms with Gasteiger partial charge in [0, 0.05) is 33.5 Å². The highest BCUT2D eigenvalue weighted by Gasteiger charge is 2.26. The number of hydrogen-bond donors (Lipinski definition) is 0. The van der Waals surface area contributed by atoms with Crippen molar-refractivity contribution >= 4 is 60.4 Å². The molecule has 0 amide bonds. The highest BCUT2D eigenvalue weighted by Crippen LogP contribution is 2.51. The summed E-state index contributed by atoms with van der Waals surface area (Å²) in [5.41, 5.74) is 19.5. The summed E-state index contributed by atoms with van der Waals surface area (Å²) in [6, 6.07) is 54.0. The molecule has 0 spiro atoms. The van der Waals surface area contributed by atoms with Crippen molar-refractivity contribution in [3.63, 3.8) is 0 Å². The molecular weight excluding hydrogens is 737 g/mol. The van der Waals surface area contributed by atoms with Crippen molar-refractivity contribution in [2.75, 3.05) is 4.90 Å². The molecule has 1 aliphatic rings. The van der Waals surface area contributed by atoms with Crippen LogP contribution in [0.4, 0.5) is 17.1 Å². The zero-order valence-electron chi connectivity index (χ0n) is 37.8. The molecule has 8 aromatic carbocycles. The van der Waals surface area contributed by atoms with E-state index in [4.69, 9.17) is 0 Å². The number of rotatable bonds is 6. The predicted octanol–water partition coefficient (Wildman–Crippen LogP) is 17.4. The van der Waals surface area contributed by atoms with Crippen LogP contribution in [0.3, 0.4) is 0 Å². The molecule has 0 N–H and O–H groups in total. The van der Waals surface area contributed by atoms with E-state index in [1.54, 1.807) is 0 Å². The standard InChI is InChI=1S/C59H58N2/c1-35(2)38-13-12-14-46(25-38)60(57-32-39(36(3)4)16-15-37(57)5)47-21-17-40-28-49-51(30-42(40)26-47)50-29-41-18-22-48(27-43(41)31-52(49)50)61-55-23-19-44(58(6,7)8)33-53(55)54-34-45(59(9,10)11)20-24-56(54)61/h12-36H,1-11H3. The Morgan fingerprint density at radius 3 is 1.51 bits per heavy atom. The SMILES string of the molecule is Cc1ccc(C(C)C)cc1N(c1cccc(C(C)C)c1)c1ccc2cc3c(cc2c1)-c1cc2ccc(-n4c5ccc(C(C)(C)C)cc5c5cc(C(C)(C)C)ccc54)cc2cc1-3. The first-order valence-electron chi connectivity index (χ1n) is 22.3. The van der Waals surface area contributed by atoms with Crippen LogP contribution < -0.4 is 4.90 Å². The number of benzene rings is 8. The fraction of sp³-hybridized carbons (Fsp3) is 0.254. The van der Waals surface area contributed by atoms with Crippen molar-refractivity contribution in [2.24, 2.45) is 0 Å². The summed E-state index contributed by atoms with van der Waals surface area (Å²) in [6.45, 7) is 25.2. The van der Waals surface area contributed by atoms with Crippen LogP contribution in [0.25, 0.3) is 71.3 Å². The summed E-state index contributed by atoms with van der Waals surface area (Å²) in [5, 5.41) is 7.70. The van der Waals surface area contributed by atoms with Gasteiger partial charge in [0.05, 0.1) is 11.0 Å². The third-order valence-electron chi connectivity index (χ3n) is 13.5. The molecule has 0 fully saturated rings. The van der Waals surface area contributed by atoms with Crippen molar-refractivity contribution in [2.45, 2.75) is 98.8 Å². The van der Waals surface area contributed by atoms with Gasteiger partial charge in [-0.15, -0.1) is 0 Å². The first kappa shape index (κ1) is 39.0. The second kappa shape index (κ2) is 14.0. The monoisotopic (exact) mass is 794 g/mol. The molecule has 2 heteroatoms. The third kappa shape index (κ3) is 6.54. The number of aryl methyl sites for hydroxylation is 1. The lowest BCUT2D eigenvalue weighted by Gasteiger charge is -2.30. The van der Waals surface area contributed by atoms with E-state index >= 15 is 0 Å². The van der Waals surface area contributed by atoms with E-state index in [2.05, 4.69) is 225 Å². The Labute approximate surface area is 362 Å². The van der Waals surface area contributed by atoms with Crippen molar-refractivity contribution < 1.29 is 0 Å². The Bertz CT molecular complexity index is 3160. The molecule has 304 valence electrons. The van der Waals surface area contributed by atoms with E-state index in [0.717, 1.165) is 0 Å². The molecule has 0 aliphatic heterocycles. The largest absolute Gasteiger partial charge is 0.310 e. The topological polar surface area (TPSA) is 8.17 Å². The number of hydrogen-bond acceptors (Lipinski definition) is 1. The van der Waals surface area contributed by atoms with Crippen LogP contribution in [-0.2, 0) is 10.8 Å². The Hall–Kier alpha value is -6.12. The molecule has 10 rings (SSSR count). The Morgan fingerprint density at radius 1 is 0.443 bits per heavy atom. The minimum Gasteiger partial charge on any atom is -0.310 e. The fourth-order valence-electron chi connectivity index (χ4n) is 9.59. The molecule has 0 unspecified atom stereocenters. The molecule has 1 aromatic heterocycles. The zero-order chi connectivity index (χ0) is 42.7. The van der Waals surface area contributed by atoms with Crippen molar-refractivity contribution in [1.29, 1.82) is 0 Å². The highest BCUT2D eigenvalue weighted by molar-refractivity contribution is 6.13. The van der Waals surface area contributed by atoms with Gasteiger partial charge in [0.25, 0.3) is 0 Å². The molecule has 0 atom stereocenters. The van der Waals surface area contributed by atoms with Crippen LogP contribution >= 0.6 is 0 Å². The summed E-state index contributed by atoms with van der Waals surface area (Å²) in [6.07, 6.45) is 0. The van der Waals surface area contributed by atoms with Gasteiger partial charge in [-0.25, -0.2) is 0 Å². The van der Waals surface area contributed by atoms with E-state index in [0.29, 0.717) is 11.8 Å². The summed E-state index contributed by atoms with van der Waals surface area (Å²) in [5.74, 6) is 0.888. The quantitative estimate of drug-likeness (QED) is 0.163. The average Bonchev–Trinajstić information content (AvgIpc) is 3.55. The minimum absolute atomic E-state index is 0.0677. The van der Waals surface area contributed by atoms with Crippen LogP contribution in [0.15, 0.2) is 140 Å². The maximum absolute atomic E-state index is 2.48. The van der Waals surface area contributed by atoms with Gasteiger partial charge in [-0.3, -0.25) is 0 Å². The van der Waals surface area contributed by atoms with Crippen molar-refractivity contribution in [1.82, 2.24) is 4.57 Å².